The summed E-state index contributed by atoms with van der Waals surface area (Å²) in [6.07, 6.45) is 0.607. The highest BCUT2D eigenvalue weighted by Gasteiger charge is 2.30. The van der Waals surface area contributed by atoms with Crippen molar-refractivity contribution in [2.24, 2.45) is 5.92 Å². The van der Waals surface area contributed by atoms with E-state index < -0.39 is 18.7 Å². The van der Waals surface area contributed by atoms with E-state index in [0.717, 1.165) is 5.57 Å². The minimum atomic E-state index is -1.37. The third-order valence-electron chi connectivity index (χ3n) is 4.37. The average molecular weight is 361 g/mol. The minimum absolute atomic E-state index is 0.0789. The van der Waals surface area contributed by atoms with Gasteiger partial charge in [-0.2, -0.15) is 0 Å². The summed E-state index contributed by atoms with van der Waals surface area (Å²) >= 11 is 0. The Morgan fingerprint density at radius 3 is 2.44 bits per heavy atom. The van der Waals surface area contributed by atoms with Crippen LogP contribution in [0.4, 0.5) is 0 Å². The van der Waals surface area contributed by atoms with Gasteiger partial charge in [-0.3, -0.25) is 0 Å². The summed E-state index contributed by atoms with van der Waals surface area (Å²) in [6.45, 7) is 6.47. The second-order valence-electron chi connectivity index (χ2n) is 7.85. The molecule has 25 heavy (non-hydrogen) atoms. The van der Waals surface area contributed by atoms with Crippen molar-refractivity contribution in [3.8, 4) is 0 Å². The lowest BCUT2D eigenvalue weighted by atomic mass is 9.84. The molecule has 0 saturated heterocycles. The lowest BCUT2D eigenvalue weighted by Crippen LogP contribution is -2.42. The minimum Gasteiger partial charge on any atom is -0.396 e. The summed E-state index contributed by atoms with van der Waals surface area (Å²) in [7, 11) is 0. The van der Waals surface area contributed by atoms with Crippen LogP contribution in [-0.4, -0.2) is 69.0 Å². The van der Waals surface area contributed by atoms with Gasteiger partial charge < -0.3 is 35.6 Å². The van der Waals surface area contributed by atoms with Crippen LogP contribution < -0.4 is 5.32 Å². The van der Waals surface area contributed by atoms with Crippen molar-refractivity contribution in [2.45, 2.75) is 83.2 Å². The van der Waals surface area contributed by atoms with Crippen molar-refractivity contribution in [1.82, 2.24) is 5.32 Å². The van der Waals surface area contributed by atoms with E-state index >= 15 is 0 Å². The Morgan fingerprint density at radius 2 is 1.88 bits per heavy atom. The normalized spacial score (nSPS) is 24.3. The molecule has 0 fully saturated rings. The molecule has 1 rings (SSSR count). The fourth-order valence-corrected chi connectivity index (χ4v) is 2.88. The SMILES string of the molecule is CC(C)(C)NCC(O)C1=CCC(OC(O)CCCC(O)O)C(CO)C1. The van der Waals surface area contributed by atoms with E-state index in [1.165, 1.54) is 0 Å². The third kappa shape index (κ3) is 9.10. The highest BCUT2D eigenvalue weighted by atomic mass is 16.6. The van der Waals surface area contributed by atoms with Gasteiger partial charge in [0, 0.05) is 24.6 Å². The Bertz CT molecular complexity index is 407. The maximum absolute atomic E-state index is 10.3. The Kier molecular flexibility index (Phi) is 9.51. The largest absolute Gasteiger partial charge is 0.396 e. The summed E-state index contributed by atoms with van der Waals surface area (Å²) < 4.78 is 5.61. The lowest BCUT2D eigenvalue weighted by Gasteiger charge is -2.33. The van der Waals surface area contributed by atoms with Gasteiger partial charge in [0.15, 0.2) is 12.6 Å². The number of ether oxygens (including phenoxy) is 1. The summed E-state index contributed by atoms with van der Waals surface area (Å²) in [4.78, 5) is 0. The quantitative estimate of drug-likeness (QED) is 0.244. The number of hydrogen-bond donors (Lipinski definition) is 6. The van der Waals surface area contributed by atoms with Crippen LogP contribution in [-0.2, 0) is 4.74 Å². The first-order valence-electron chi connectivity index (χ1n) is 9.05. The summed E-state index contributed by atoms with van der Waals surface area (Å²) in [5.41, 5.74) is 0.804. The second-order valence-corrected chi connectivity index (χ2v) is 7.85. The molecule has 7 heteroatoms. The molecule has 0 aliphatic heterocycles. The number of hydrogen-bond acceptors (Lipinski definition) is 7. The smallest absolute Gasteiger partial charge is 0.154 e. The van der Waals surface area contributed by atoms with Crippen molar-refractivity contribution in [3.63, 3.8) is 0 Å². The number of β-amino-alcohol motifs (C(OH)–C–C–N with tert-alkyl or cyclic N) is 1. The van der Waals surface area contributed by atoms with E-state index in [2.05, 4.69) is 5.32 Å². The fraction of sp³-hybridized carbons (Fsp3) is 0.889. The highest BCUT2D eigenvalue weighted by molar-refractivity contribution is 5.14. The van der Waals surface area contributed by atoms with Gasteiger partial charge in [0.1, 0.15) is 0 Å². The molecule has 0 heterocycles. The molecule has 4 unspecified atom stereocenters. The highest BCUT2D eigenvalue weighted by Crippen LogP contribution is 2.29. The molecule has 0 radical (unpaired) electrons. The van der Waals surface area contributed by atoms with Gasteiger partial charge in [0.25, 0.3) is 0 Å². The molecule has 0 aromatic carbocycles. The van der Waals surface area contributed by atoms with Crippen LogP contribution in [0.5, 0.6) is 0 Å². The van der Waals surface area contributed by atoms with Crippen LogP contribution in [0.3, 0.4) is 0 Å². The monoisotopic (exact) mass is 361 g/mol. The van der Waals surface area contributed by atoms with Gasteiger partial charge in [0.2, 0.25) is 0 Å². The Morgan fingerprint density at radius 1 is 1.20 bits per heavy atom. The molecule has 0 spiro atoms. The van der Waals surface area contributed by atoms with Crippen LogP contribution in [0.1, 0.15) is 52.9 Å². The first-order chi connectivity index (χ1) is 11.6. The van der Waals surface area contributed by atoms with Gasteiger partial charge in [-0.25, -0.2) is 0 Å². The van der Waals surface area contributed by atoms with Gasteiger partial charge in [0.05, 0.1) is 12.2 Å². The molecule has 6 N–H and O–H groups in total. The number of nitrogens with one attached hydrogen (secondary N) is 1. The van der Waals surface area contributed by atoms with Crippen molar-refractivity contribution < 1.29 is 30.3 Å². The predicted molar refractivity (Wildman–Crippen MR) is 94.6 cm³/mol. The Labute approximate surface area is 150 Å². The maximum atomic E-state index is 10.3. The van der Waals surface area contributed by atoms with Crippen molar-refractivity contribution in [2.75, 3.05) is 13.2 Å². The van der Waals surface area contributed by atoms with E-state index in [0.29, 0.717) is 32.2 Å². The number of aliphatic hydroxyl groups is 5. The zero-order valence-electron chi connectivity index (χ0n) is 15.6. The lowest BCUT2D eigenvalue weighted by molar-refractivity contribution is -0.161. The van der Waals surface area contributed by atoms with Crippen LogP contribution in [0.2, 0.25) is 0 Å². The molecule has 1 aliphatic carbocycles. The van der Waals surface area contributed by atoms with Crippen LogP contribution in [0, 0.1) is 5.92 Å². The zero-order valence-corrected chi connectivity index (χ0v) is 15.6. The molecule has 0 bridgehead atoms. The number of rotatable bonds is 10. The van der Waals surface area contributed by atoms with Gasteiger partial charge >= 0.3 is 0 Å². The zero-order chi connectivity index (χ0) is 19.0. The third-order valence-corrected chi connectivity index (χ3v) is 4.37. The molecule has 7 nitrogen and oxygen atoms in total. The van der Waals surface area contributed by atoms with Gasteiger partial charge in [-0.05, 0) is 58.4 Å². The van der Waals surface area contributed by atoms with E-state index in [1.807, 2.05) is 26.8 Å². The molecule has 0 amide bonds. The van der Waals surface area contributed by atoms with Gasteiger partial charge in [-0.1, -0.05) is 6.08 Å². The molecule has 4 atom stereocenters. The summed E-state index contributed by atoms with van der Waals surface area (Å²) in [5.74, 6) is -0.178. The van der Waals surface area contributed by atoms with E-state index in [4.69, 9.17) is 14.9 Å². The molecule has 0 aromatic heterocycles. The standard InChI is InChI=1S/C18H35NO6/c1-18(2,3)19-10-14(21)12-7-8-15(13(9-12)11-20)25-17(24)6-4-5-16(22)23/h7,13-17,19-24H,4-6,8-11H2,1-3H3. The molecular weight excluding hydrogens is 326 g/mol. The molecule has 0 aromatic rings. The molecule has 0 saturated carbocycles. The first-order valence-corrected chi connectivity index (χ1v) is 9.05. The Hall–Kier alpha value is -0.540. The topological polar surface area (TPSA) is 122 Å². The van der Waals surface area contributed by atoms with Crippen molar-refractivity contribution in [1.29, 1.82) is 0 Å². The average Bonchev–Trinajstić information content (AvgIpc) is 2.51. The van der Waals surface area contributed by atoms with E-state index in [1.54, 1.807) is 0 Å². The molecule has 148 valence electrons. The Balaban J connectivity index is 2.50. The van der Waals surface area contributed by atoms with Crippen molar-refractivity contribution >= 4 is 0 Å². The fourth-order valence-electron chi connectivity index (χ4n) is 2.88. The molecular formula is C18H35NO6. The van der Waals surface area contributed by atoms with E-state index in [-0.39, 0.29) is 30.6 Å². The van der Waals surface area contributed by atoms with Crippen LogP contribution in [0.15, 0.2) is 11.6 Å². The van der Waals surface area contributed by atoms with Crippen LogP contribution in [0.25, 0.3) is 0 Å². The predicted octanol–water partition coefficient (Wildman–Crippen LogP) is 0.249. The summed E-state index contributed by atoms with van der Waals surface area (Å²) in [5, 5.41) is 50.8. The first kappa shape index (κ1) is 22.5. The maximum Gasteiger partial charge on any atom is 0.154 e. The molecule has 1 aliphatic rings. The van der Waals surface area contributed by atoms with Gasteiger partial charge in [-0.15, -0.1) is 0 Å². The second kappa shape index (κ2) is 10.6. The summed E-state index contributed by atoms with van der Waals surface area (Å²) in [6, 6.07) is 0. The van der Waals surface area contributed by atoms with Crippen LogP contribution >= 0.6 is 0 Å². The van der Waals surface area contributed by atoms with E-state index in [9.17, 15) is 15.3 Å². The van der Waals surface area contributed by atoms with Crippen molar-refractivity contribution in [3.05, 3.63) is 11.6 Å². The number of aliphatic hydroxyl groups excluding tert-OH is 4.